The Bertz CT molecular complexity index is 1200. The first-order valence-corrected chi connectivity index (χ1v) is 9.28. The molecule has 0 atom stereocenters. The van der Waals surface area contributed by atoms with Crippen molar-refractivity contribution >= 4 is 30.4 Å². The largest absolute Gasteiger partial charge is 0.482 e. The Morgan fingerprint density at radius 1 is 0.667 bits per heavy atom. The van der Waals surface area contributed by atoms with Crippen molar-refractivity contribution in [1.29, 1.82) is 0 Å². The normalized spacial score (nSPS) is 10.8. The predicted octanol–water partition coefficient (Wildman–Crippen LogP) is 5.05. The molecule has 0 radical (unpaired) electrons. The summed E-state index contributed by atoms with van der Waals surface area (Å²) in [5, 5.41) is 0. The van der Waals surface area contributed by atoms with Crippen molar-refractivity contribution in [1.82, 2.24) is 0 Å². The van der Waals surface area contributed by atoms with Crippen LogP contribution in [0.4, 0.5) is 35.1 Å². The maximum atomic E-state index is 14.5. The molecule has 170 valence electrons. The first-order chi connectivity index (χ1) is 15.6. The summed E-state index contributed by atoms with van der Waals surface area (Å²) in [6, 6.07) is 6.10. The first-order valence-electron chi connectivity index (χ1n) is 9.28. The van der Waals surface area contributed by atoms with E-state index in [-0.39, 0.29) is 0 Å². The molecular weight excluding hydrogens is 455 g/mol. The van der Waals surface area contributed by atoms with Crippen molar-refractivity contribution < 1.29 is 39.9 Å². The number of hydrogen-bond donors (Lipinski definition) is 0. The molecule has 0 aliphatic rings. The smallest absolute Gasteiger partial charge is 0.204 e. The number of hydrogen-bond acceptors (Lipinski definition) is 1. The lowest BCUT2D eigenvalue weighted by Crippen LogP contribution is -2.35. The number of halogens is 8. The van der Waals surface area contributed by atoms with Gasteiger partial charge in [0.15, 0.2) is 47.9 Å². The van der Waals surface area contributed by atoms with Crippen molar-refractivity contribution in [2.75, 3.05) is 0 Å². The lowest BCUT2D eigenvalue weighted by atomic mass is 9.63. The zero-order valence-electron chi connectivity index (χ0n) is 16.7. The van der Waals surface area contributed by atoms with Gasteiger partial charge in [0.25, 0.3) is 0 Å². The second-order valence-electron chi connectivity index (χ2n) is 6.83. The monoisotopic (exact) mass is 468 g/mol. The van der Waals surface area contributed by atoms with Crippen molar-refractivity contribution in [3.8, 4) is 5.75 Å². The molecule has 3 rings (SSSR count). The minimum atomic E-state index is -2.01. The van der Waals surface area contributed by atoms with Crippen LogP contribution in [0.3, 0.4) is 0 Å². The van der Waals surface area contributed by atoms with Gasteiger partial charge in [0, 0.05) is 0 Å². The van der Waals surface area contributed by atoms with E-state index in [4.69, 9.17) is 0 Å². The Hall–Kier alpha value is -3.56. The lowest BCUT2D eigenvalue weighted by molar-refractivity contribution is 0.249. The van der Waals surface area contributed by atoms with Gasteiger partial charge < -0.3 is 4.74 Å². The average Bonchev–Trinajstić information content (AvgIpc) is 2.82. The maximum Gasteiger partial charge on any atom is 0.204 e. The maximum absolute atomic E-state index is 14.5. The molecule has 0 N–H and O–H groups in total. The van der Waals surface area contributed by atoms with E-state index in [1.54, 1.807) is 12.1 Å². The number of rotatable bonds is 7. The third-order valence-electron chi connectivity index (χ3n) is 4.86. The summed E-state index contributed by atoms with van der Waals surface area (Å²) < 4.78 is 118. The zero-order valence-corrected chi connectivity index (χ0v) is 16.7. The fourth-order valence-corrected chi connectivity index (χ4v) is 3.06. The molecule has 0 aliphatic carbocycles. The molecule has 0 saturated carbocycles. The molecule has 1 nitrogen and oxygen atoms in total. The SMILES string of the molecule is C=Cc1ccc(Bc2c(F)c(F)c(COc3c(F)c(F)c(C=C)c(F)c3F)c(F)c2F)cc1. The van der Waals surface area contributed by atoms with E-state index in [0.29, 0.717) is 17.1 Å². The fraction of sp³-hybridized carbons (Fsp3) is 0.0435. The molecular formula is C23H13BF8O. The third-order valence-corrected chi connectivity index (χ3v) is 4.86. The average molecular weight is 468 g/mol. The minimum Gasteiger partial charge on any atom is -0.482 e. The van der Waals surface area contributed by atoms with Crippen LogP contribution in [0.1, 0.15) is 16.7 Å². The molecule has 3 aromatic rings. The standard InChI is InChI=1S/C23H13BF8O/c1-3-10-5-7-11(8-6-10)24-14-19(29)17(27)13(18(28)20(14)30)9-33-23-21(31)15(25)12(4-2)16(26)22(23)32/h3-8,24H,1-2,9H2. The van der Waals surface area contributed by atoms with Crippen molar-refractivity contribution in [2.45, 2.75) is 6.61 Å². The first kappa shape index (κ1) is 24.1. The van der Waals surface area contributed by atoms with Gasteiger partial charge in [0.1, 0.15) is 6.61 Å². The molecule has 0 spiro atoms. The van der Waals surface area contributed by atoms with Crippen LogP contribution < -0.4 is 15.7 Å². The van der Waals surface area contributed by atoms with Gasteiger partial charge in [-0.3, -0.25) is 0 Å². The zero-order chi connectivity index (χ0) is 24.4. The summed E-state index contributed by atoms with van der Waals surface area (Å²) in [5.74, 6) is -16.7. The minimum absolute atomic E-state index is 0.332. The Morgan fingerprint density at radius 2 is 1.18 bits per heavy atom. The van der Waals surface area contributed by atoms with E-state index in [0.717, 1.165) is 0 Å². The van der Waals surface area contributed by atoms with Crippen molar-refractivity contribution in [3.63, 3.8) is 0 Å². The summed E-state index contributed by atoms with van der Waals surface area (Å²) in [6.07, 6.45) is 2.03. The van der Waals surface area contributed by atoms with Crippen LogP contribution in [0, 0.1) is 46.5 Å². The highest BCUT2D eigenvalue weighted by Crippen LogP contribution is 2.31. The van der Waals surface area contributed by atoms with Crippen LogP contribution in [0.25, 0.3) is 12.2 Å². The van der Waals surface area contributed by atoms with E-state index >= 15 is 0 Å². The topological polar surface area (TPSA) is 9.23 Å². The van der Waals surface area contributed by atoms with Gasteiger partial charge >= 0.3 is 0 Å². The molecule has 0 aromatic heterocycles. The molecule has 0 saturated heterocycles. The summed E-state index contributed by atoms with van der Waals surface area (Å²) in [5.41, 5.74) is -2.37. The molecule has 0 aliphatic heterocycles. The Kier molecular flexibility index (Phi) is 6.95. The van der Waals surface area contributed by atoms with Gasteiger partial charge in [0.2, 0.25) is 11.6 Å². The summed E-state index contributed by atoms with van der Waals surface area (Å²) >= 11 is 0. The predicted molar refractivity (Wildman–Crippen MR) is 110 cm³/mol. The van der Waals surface area contributed by atoms with Crippen molar-refractivity contribution in [2.24, 2.45) is 0 Å². The van der Waals surface area contributed by atoms with Crippen LogP contribution >= 0.6 is 0 Å². The quantitative estimate of drug-likeness (QED) is 0.268. The van der Waals surface area contributed by atoms with Gasteiger partial charge in [-0.1, -0.05) is 55.0 Å². The van der Waals surface area contributed by atoms with Crippen LogP contribution in [0.5, 0.6) is 5.75 Å². The van der Waals surface area contributed by atoms with E-state index in [1.807, 2.05) is 0 Å². The molecule has 0 fully saturated rings. The molecule has 0 amide bonds. The molecule has 10 heteroatoms. The second-order valence-corrected chi connectivity index (χ2v) is 6.83. The Morgan fingerprint density at radius 3 is 1.64 bits per heavy atom. The van der Waals surface area contributed by atoms with E-state index < -0.39 is 82.8 Å². The van der Waals surface area contributed by atoms with E-state index in [1.165, 1.54) is 18.2 Å². The second kappa shape index (κ2) is 9.52. The van der Waals surface area contributed by atoms with Crippen LogP contribution in [0.15, 0.2) is 37.4 Å². The van der Waals surface area contributed by atoms with Gasteiger partial charge in [-0.05, 0) is 11.0 Å². The Labute approximate surface area is 183 Å². The van der Waals surface area contributed by atoms with Crippen LogP contribution in [-0.4, -0.2) is 7.28 Å². The third kappa shape index (κ3) is 4.37. The molecule has 0 unspecified atom stereocenters. The van der Waals surface area contributed by atoms with E-state index in [9.17, 15) is 35.1 Å². The molecule has 3 aromatic carbocycles. The van der Waals surface area contributed by atoms with Gasteiger partial charge in [-0.15, -0.1) is 0 Å². The number of benzene rings is 3. The summed E-state index contributed by atoms with van der Waals surface area (Å²) in [4.78, 5) is 0. The molecule has 0 bridgehead atoms. The van der Waals surface area contributed by atoms with Gasteiger partial charge in [-0.2, -0.15) is 8.78 Å². The van der Waals surface area contributed by atoms with Crippen molar-refractivity contribution in [3.05, 3.63) is 101 Å². The lowest BCUT2D eigenvalue weighted by Gasteiger charge is -2.14. The van der Waals surface area contributed by atoms with Crippen LogP contribution in [-0.2, 0) is 6.61 Å². The van der Waals surface area contributed by atoms with E-state index in [2.05, 4.69) is 17.9 Å². The molecule has 33 heavy (non-hydrogen) atoms. The Balaban J connectivity index is 1.96. The van der Waals surface area contributed by atoms with Gasteiger partial charge in [-0.25, -0.2) is 26.3 Å². The highest BCUT2D eigenvalue weighted by molar-refractivity contribution is 6.67. The highest BCUT2D eigenvalue weighted by atomic mass is 19.2. The number of ether oxygens (including phenoxy) is 1. The summed E-state index contributed by atoms with van der Waals surface area (Å²) in [6.45, 7) is 5.10. The highest BCUT2D eigenvalue weighted by Gasteiger charge is 2.29. The molecule has 0 heterocycles. The van der Waals surface area contributed by atoms with Crippen LogP contribution in [0.2, 0.25) is 0 Å². The summed E-state index contributed by atoms with van der Waals surface area (Å²) in [7, 11) is -0.507. The van der Waals surface area contributed by atoms with Gasteiger partial charge in [0.05, 0.1) is 11.1 Å². The fourth-order valence-electron chi connectivity index (χ4n) is 3.06.